The van der Waals surface area contributed by atoms with Crippen molar-refractivity contribution in [2.75, 3.05) is 20.2 Å². The van der Waals surface area contributed by atoms with Crippen molar-refractivity contribution in [3.63, 3.8) is 0 Å². The van der Waals surface area contributed by atoms with Gasteiger partial charge in [-0.25, -0.2) is 14.4 Å². The van der Waals surface area contributed by atoms with Crippen LogP contribution in [0, 0.1) is 5.92 Å². The average Bonchev–Trinajstić information content (AvgIpc) is 2.71. The van der Waals surface area contributed by atoms with Gasteiger partial charge in [-0.15, -0.1) is 0 Å². The number of ether oxygens (including phenoxy) is 3. The fraction of sp³-hybridized carbons (Fsp3) is 0.500. The third-order valence-corrected chi connectivity index (χ3v) is 4.61. The monoisotopic (exact) mass is 418 g/mol. The molecule has 1 saturated heterocycles. The van der Waals surface area contributed by atoms with Crippen LogP contribution in [0.1, 0.15) is 39.2 Å². The number of benzene rings is 1. The molecule has 1 aromatic carbocycles. The minimum Gasteiger partial charge on any atom is -0.465 e. The highest BCUT2D eigenvalue weighted by Crippen LogP contribution is 2.25. The lowest BCUT2D eigenvalue weighted by molar-refractivity contribution is -0.146. The fourth-order valence-electron chi connectivity index (χ4n) is 3.14. The highest BCUT2D eigenvalue weighted by molar-refractivity contribution is 6.14. The van der Waals surface area contributed by atoms with Gasteiger partial charge in [-0.2, -0.15) is 0 Å². The molecule has 0 spiro atoms. The van der Waals surface area contributed by atoms with E-state index in [1.165, 1.54) is 12.0 Å². The molecule has 1 aliphatic rings. The van der Waals surface area contributed by atoms with Gasteiger partial charge in [0.05, 0.1) is 7.11 Å². The molecule has 1 amide bonds. The molecule has 0 radical (unpaired) electrons. The predicted octanol–water partition coefficient (Wildman–Crippen LogP) is 2.76. The van der Waals surface area contributed by atoms with Crippen LogP contribution < -0.4 is 5.73 Å². The summed E-state index contributed by atoms with van der Waals surface area (Å²) in [6.45, 7) is 6.14. The van der Waals surface area contributed by atoms with E-state index in [2.05, 4.69) is 0 Å². The van der Waals surface area contributed by atoms with Crippen molar-refractivity contribution in [3.05, 3.63) is 47.2 Å². The van der Waals surface area contributed by atoms with Crippen molar-refractivity contribution in [2.24, 2.45) is 11.7 Å². The molecule has 164 valence electrons. The number of carbonyl (C=O) groups is 3. The maximum Gasteiger partial charge on any atom is 0.410 e. The summed E-state index contributed by atoms with van der Waals surface area (Å²) in [4.78, 5) is 38.9. The van der Waals surface area contributed by atoms with Crippen LogP contribution in [0.15, 0.2) is 41.6 Å². The Hall–Kier alpha value is -3.03. The van der Waals surface area contributed by atoms with Gasteiger partial charge in [0, 0.05) is 24.7 Å². The summed E-state index contributed by atoms with van der Waals surface area (Å²) in [6.07, 6.45) is 0.835. The lowest BCUT2D eigenvalue weighted by Gasteiger charge is -2.34. The van der Waals surface area contributed by atoms with Crippen LogP contribution >= 0.6 is 0 Å². The number of amides is 1. The Morgan fingerprint density at radius 2 is 1.80 bits per heavy atom. The minimum absolute atomic E-state index is 0.00213. The number of nitrogens with two attached hydrogens (primary N) is 1. The summed E-state index contributed by atoms with van der Waals surface area (Å²) in [7, 11) is 1.17. The molecule has 0 aromatic heterocycles. The second kappa shape index (κ2) is 10.1. The number of hydrogen-bond acceptors (Lipinski definition) is 7. The van der Waals surface area contributed by atoms with Gasteiger partial charge in [0.2, 0.25) is 0 Å². The van der Waals surface area contributed by atoms with Crippen LogP contribution in [0.25, 0.3) is 0 Å². The highest BCUT2D eigenvalue weighted by atomic mass is 16.6. The molecule has 1 fully saturated rings. The first-order chi connectivity index (χ1) is 14.1. The molecule has 1 unspecified atom stereocenters. The molecule has 1 aliphatic heterocycles. The molecule has 8 nitrogen and oxygen atoms in total. The second-order valence-electron chi connectivity index (χ2n) is 8.15. The van der Waals surface area contributed by atoms with E-state index in [9.17, 15) is 14.4 Å². The van der Waals surface area contributed by atoms with Crippen molar-refractivity contribution < 1.29 is 28.6 Å². The lowest BCUT2D eigenvalue weighted by atomic mass is 9.92. The molecule has 1 atom stereocenters. The van der Waals surface area contributed by atoms with E-state index >= 15 is 0 Å². The Kier molecular flexibility index (Phi) is 7.86. The van der Waals surface area contributed by atoms with Gasteiger partial charge in [-0.05, 0) is 39.2 Å². The number of hydrogen-bond donors (Lipinski definition) is 1. The molecule has 1 heterocycles. The van der Waals surface area contributed by atoms with Crippen LogP contribution in [-0.2, 0) is 30.4 Å². The molecule has 2 rings (SSSR count). The zero-order chi connectivity index (χ0) is 22.3. The topological polar surface area (TPSA) is 108 Å². The van der Waals surface area contributed by atoms with E-state index in [-0.39, 0.29) is 30.3 Å². The quantitative estimate of drug-likeness (QED) is 0.257. The van der Waals surface area contributed by atoms with Crippen molar-refractivity contribution >= 4 is 18.0 Å². The predicted molar refractivity (Wildman–Crippen MR) is 110 cm³/mol. The standard InChI is InChI=1S/C22H30N2O6/c1-22(2,3)30-21(27)24-12-8-11-16(13-24)18(23)17(19(25)28-4)20(26)29-14-15-9-6-5-7-10-15/h5-7,9-10,16H,8,11-14,23H2,1-4H3/b18-17-. The van der Waals surface area contributed by atoms with E-state index in [0.29, 0.717) is 19.4 Å². The number of esters is 2. The van der Waals surface area contributed by atoms with E-state index in [0.717, 1.165) is 5.56 Å². The molecular formula is C22H30N2O6. The maximum absolute atomic E-state index is 12.6. The van der Waals surface area contributed by atoms with Crippen LogP contribution in [0.4, 0.5) is 4.79 Å². The van der Waals surface area contributed by atoms with E-state index in [4.69, 9.17) is 19.9 Å². The number of nitrogens with zero attached hydrogens (tertiary/aromatic N) is 1. The Bertz CT molecular complexity index is 798. The SMILES string of the molecule is COC(=O)/C(C(=O)OCc1ccccc1)=C(/N)C1CCCN(C(=O)OC(C)(C)C)C1. The molecule has 30 heavy (non-hydrogen) atoms. The third kappa shape index (κ3) is 6.50. The summed E-state index contributed by atoms with van der Waals surface area (Å²) < 4.78 is 15.5. The molecule has 1 aromatic rings. The summed E-state index contributed by atoms with van der Waals surface area (Å²) in [5, 5.41) is 0. The zero-order valence-corrected chi connectivity index (χ0v) is 18.0. The van der Waals surface area contributed by atoms with Crippen molar-refractivity contribution in [1.82, 2.24) is 4.90 Å². The Balaban J connectivity index is 2.16. The number of likely N-dealkylation sites (tertiary alicyclic amines) is 1. The molecule has 0 saturated carbocycles. The minimum atomic E-state index is -0.861. The molecule has 0 aliphatic carbocycles. The lowest BCUT2D eigenvalue weighted by Crippen LogP contribution is -2.44. The van der Waals surface area contributed by atoms with E-state index in [1.807, 2.05) is 18.2 Å². The van der Waals surface area contributed by atoms with Gasteiger partial charge in [0.15, 0.2) is 5.57 Å². The summed E-state index contributed by atoms with van der Waals surface area (Å²) in [5.41, 5.74) is 6.12. The largest absolute Gasteiger partial charge is 0.465 e. The van der Waals surface area contributed by atoms with Crippen LogP contribution in [0.3, 0.4) is 0 Å². The van der Waals surface area contributed by atoms with Crippen LogP contribution in [0.2, 0.25) is 0 Å². The van der Waals surface area contributed by atoms with Crippen molar-refractivity contribution in [3.8, 4) is 0 Å². The number of methoxy groups -OCH3 is 1. The average molecular weight is 418 g/mol. The Morgan fingerprint density at radius 3 is 2.40 bits per heavy atom. The first-order valence-electron chi connectivity index (χ1n) is 9.89. The highest BCUT2D eigenvalue weighted by Gasteiger charge is 2.33. The summed E-state index contributed by atoms with van der Waals surface area (Å²) >= 11 is 0. The second-order valence-corrected chi connectivity index (χ2v) is 8.15. The first-order valence-corrected chi connectivity index (χ1v) is 9.89. The Morgan fingerprint density at radius 1 is 1.13 bits per heavy atom. The third-order valence-electron chi connectivity index (χ3n) is 4.61. The normalized spacial score (nSPS) is 17.6. The number of rotatable bonds is 5. The molecular weight excluding hydrogens is 388 g/mol. The Labute approximate surface area is 176 Å². The summed E-state index contributed by atoms with van der Waals surface area (Å²) in [5.74, 6) is -2.10. The molecule has 8 heteroatoms. The van der Waals surface area contributed by atoms with Gasteiger partial charge >= 0.3 is 18.0 Å². The van der Waals surface area contributed by atoms with Gasteiger partial charge in [-0.3, -0.25) is 0 Å². The van der Waals surface area contributed by atoms with Gasteiger partial charge in [0.25, 0.3) is 0 Å². The van der Waals surface area contributed by atoms with Gasteiger partial charge in [0.1, 0.15) is 12.2 Å². The smallest absolute Gasteiger partial charge is 0.410 e. The maximum atomic E-state index is 12.6. The number of piperidine rings is 1. The van der Waals surface area contributed by atoms with Crippen LogP contribution in [0.5, 0.6) is 0 Å². The van der Waals surface area contributed by atoms with Gasteiger partial charge in [-0.1, -0.05) is 30.3 Å². The molecule has 0 bridgehead atoms. The van der Waals surface area contributed by atoms with E-state index in [1.54, 1.807) is 32.9 Å². The number of carbonyl (C=O) groups excluding carboxylic acids is 3. The van der Waals surface area contributed by atoms with E-state index < -0.39 is 23.6 Å². The van der Waals surface area contributed by atoms with Crippen molar-refractivity contribution in [2.45, 2.75) is 45.8 Å². The summed E-state index contributed by atoms with van der Waals surface area (Å²) in [6, 6.07) is 9.10. The van der Waals surface area contributed by atoms with Crippen LogP contribution in [-0.4, -0.2) is 48.7 Å². The fourth-order valence-corrected chi connectivity index (χ4v) is 3.14. The van der Waals surface area contributed by atoms with Gasteiger partial charge < -0.3 is 24.8 Å². The zero-order valence-electron chi connectivity index (χ0n) is 18.0. The first kappa shape index (κ1) is 23.3. The van der Waals surface area contributed by atoms with Crippen molar-refractivity contribution in [1.29, 1.82) is 0 Å². The molecule has 2 N–H and O–H groups in total.